The minimum Gasteiger partial charge on any atom is -0.318 e. The van der Waals surface area contributed by atoms with Gasteiger partial charge in [-0.05, 0) is 33.6 Å². The van der Waals surface area contributed by atoms with E-state index in [2.05, 4.69) is 36.5 Å². The van der Waals surface area contributed by atoms with Crippen LogP contribution in [0.25, 0.3) is 0 Å². The Balaban J connectivity index is 1.39. The standard InChI is InChI=1S/C18H15BrClN7O/c19-14-7-21-27(10-14)12-25-6-5-17(24-25)18(28)23-15-8-22-26(11-15)9-13-3-1-2-4-16(13)20/h1-8,10-11H,9,12H2,(H,23,28). The predicted molar refractivity (Wildman–Crippen MR) is 108 cm³/mol. The van der Waals surface area contributed by atoms with Crippen molar-refractivity contribution in [3.05, 3.63) is 82.1 Å². The van der Waals surface area contributed by atoms with Crippen LogP contribution in [0.15, 0.2) is 65.8 Å². The molecule has 3 heterocycles. The molecule has 8 nitrogen and oxygen atoms in total. The molecule has 1 N–H and O–H groups in total. The van der Waals surface area contributed by atoms with Gasteiger partial charge in [0.25, 0.3) is 5.91 Å². The Labute approximate surface area is 173 Å². The molecule has 3 aromatic heterocycles. The van der Waals surface area contributed by atoms with E-state index >= 15 is 0 Å². The van der Waals surface area contributed by atoms with Gasteiger partial charge in [-0.1, -0.05) is 29.8 Å². The average molecular weight is 461 g/mol. The predicted octanol–water partition coefficient (Wildman–Crippen LogP) is 3.50. The molecule has 0 fully saturated rings. The second-order valence-corrected chi connectivity index (χ2v) is 7.37. The first-order valence-corrected chi connectivity index (χ1v) is 9.52. The maximum absolute atomic E-state index is 12.4. The van der Waals surface area contributed by atoms with Crippen molar-refractivity contribution in [1.29, 1.82) is 0 Å². The molecule has 0 radical (unpaired) electrons. The van der Waals surface area contributed by atoms with Crippen molar-refractivity contribution in [2.75, 3.05) is 5.32 Å². The van der Waals surface area contributed by atoms with Crippen LogP contribution in [0.3, 0.4) is 0 Å². The zero-order chi connectivity index (χ0) is 19.5. The first-order valence-electron chi connectivity index (χ1n) is 8.35. The average Bonchev–Trinajstić information content (AvgIpc) is 3.40. The van der Waals surface area contributed by atoms with Crippen molar-refractivity contribution in [2.45, 2.75) is 13.2 Å². The Hall–Kier alpha value is -2.91. The second-order valence-electron chi connectivity index (χ2n) is 6.05. The van der Waals surface area contributed by atoms with Crippen LogP contribution >= 0.6 is 27.5 Å². The highest BCUT2D eigenvalue weighted by Gasteiger charge is 2.12. The molecule has 0 aliphatic carbocycles. The van der Waals surface area contributed by atoms with Crippen LogP contribution in [-0.2, 0) is 13.2 Å². The van der Waals surface area contributed by atoms with E-state index in [-0.39, 0.29) is 5.91 Å². The van der Waals surface area contributed by atoms with E-state index in [1.807, 2.05) is 30.5 Å². The summed E-state index contributed by atoms with van der Waals surface area (Å²) >= 11 is 9.52. The molecular formula is C18H15BrClN7O. The molecule has 28 heavy (non-hydrogen) atoms. The number of benzene rings is 1. The maximum Gasteiger partial charge on any atom is 0.276 e. The van der Waals surface area contributed by atoms with Crippen molar-refractivity contribution >= 4 is 39.1 Å². The van der Waals surface area contributed by atoms with Crippen LogP contribution < -0.4 is 5.32 Å². The third-order valence-electron chi connectivity index (χ3n) is 3.95. The molecule has 0 aliphatic heterocycles. The van der Waals surface area contributed by atoms with Gasteiger partial charge in [-0.2, -0.15) is 15.3 Å². The number of hydrogen-bond acceptors (Lipinski definition) is 4. The molecule has 0 spiro atoms. The minimum absolute atomic E-state index is 0.308. The van der Waals surface area contributed by atoms with E-state index in [0.717, 1.165) is 10.0 Å². The highest BCUT2D eigenvalue weighted by molar-refractivity contribution is 9.10. The summed E-state index contributed by atoms with van der Waals surface area (Å²) in [7, 11) is 0. The minimum atomic E-state index is -0.308. The third kappa shape index (κ3) is 4.32. The Bertz CT molecular complexity index is 1120. The number of carbonyl (C=O) groups is 1. The van der Waals surface area contributed by atoms with Gasteiger partial charge in [-0.15, -0.1) is 0 Å². The quantitative estimate of drug-likeness (QED) is 0.477. The van der Waals surface area contributed by atoms with Gasteiger partial charge in [0.1, 0.15) is 6.67 Å². The largest absolute Gasteiger partial charge is 0.318 e. The molecule has 0 atom stereocenters. The first-order chi connectivity index (χ1) is 13.6. The lowest BCUT2D eigenvalue weighted by Crippen LogP contribution is -2.14. The van der Waals surface area contributed by atoms with Crippen LogP contribution in [-0.4, -0.2) is 35.2 Å². The topological polar surface area (TPSA) is 82.6 Å². The maximum atomic E-state index is 12.4. The number of halogens is 2. The SMILES string of the molecule is O=C(Nc1cnn(Cc2ccccc2Cl)c1)c1ccn(Cn2cc(Br)cn2)n1. The van der Waals surface area contributed by atoms with Gasteiger partial charge in [0.15, 0.2) is 5.69 Å². The molecule has 0 saturated heterocycles. The normalized spacial score (nSPS) is 10.9. The molecule has 4 aromatic rings. The summed E-state index contributed by atoms with van der Waals surface area (Å²) < 4.78 is 5.93. The van der Waals surface area contributed by atoms with E-state index in [1.54, 1.807) is 44.9 Å². The molecule has 1 aromatic carbocycles. The number of carbonyl (C=O) groups excluding carboxylic acids is 1. The molecule has 10 heteroatoms. The highest BCUT2D eigenvalue weighted by atomic mass is 79.9. The Morgan fingerprint density at radius 3 is 2.68 bits per heavy atom. The summed E-state index contributed by atoms with van der Waals surface area (Å²) in [5.41, 5.74) is 1.85. The van der Waals surface area contributed by atoms with Crippen molar-refractivity contribution in [3.63, 3.8) is 0 Å². The third-order valence-corrected chi connectivity index (χ3v) is 4.72. The van der Waals surface area contributed by atoms with Gasteiger partial charge in [0, 0.05) is 23.6 Å². The summed E-state index contributed by atoms with van der Waals surface area (Å²) in [5, 5.41) is 16.2. The number of nitrogens with zero attached hydrogens (tertiary/aromatic N) is 6. The lowest BCUT2D eigenvalue weighted by atomic mass is 10.2. The first kappa shape index (κ1) is 18.5. The van der Waals surface area contributed by atoms with Gasteiger partial charge >= 0.3 is 0 Å². The van der Waals surface area contributed by atoms with Gasteiger partial charge in [-0.3, -0.25) is 14.2 Å². The van der Waals surface area contributed by atoms with E-state index in [0.29, 0.717) is 29.6 Å². The summed E-state index contributed by atoms with van der Waals surface area (Å²) in [6.45, 7) is 0.929. The monoisotopic (exact) mass is 459 g/mol. The van der Waals surface area contributed by atoms with Crippen LogP contribution in [0.2, 0.25) is 5.02 Å². The van der Waals surface area contributed by atoms with E-state index in [4.69, 9.17) is 11.6 Å². The van der Waals surface area contributed by atoms with Crippen LogP contribution in [0, 0.1) is 0 Å². The lowest BCUT2D eigenvalue weighted by Gasteiger charge is -2.04. The Kier molecular flexibility index (Phi) is 5.27. The van der Waals surface area contributed by atoms with Crippen molar-refractivity contribution in [3.8, 4) is 0 Å². The zero-order valence-electron chi connectivity index (χ0n) is 14.5. The van der Waals surface area contributed by atoms with Crippen molar-refractivity contribution < 1.29 is 4.79 Å². The number of anilines is 1. The van der Waals surface area contributed by atoms with Gasteiger partial charge in [0.05, 0.1) is 29.1 Å². The van der Waals surface area contributed by atoms with Crippen molar-refractivity contribution in [2.24, 2.45) is 0 Å². The zero-order valence-corrected chi connectivity index (χ0v) is 16.9. The Morgan fingerprint density at radius 2 is 1.89 bits per heavy atom. The van der Waals surface area contributed by atoms with E-state index in [9.17, 15) is 4.79 Å². The lowest BCUT2D eigenvalue weighted by molar-refractivity contribution is 0.102. The number of hydrogen-bond donors (Lipinski definition) is 1. The van der Waals surface area contributed by atoms with Crippen LogP contribution in [0.1, 0.15) is 16.1 Å². The molecule has 0 aliphatic rings. The van der Waals surface area contributed by atoms with Gasteiger partial charge in [-0.25, -0.2) is 4.68 Å². The molecule has 0 bridgehead atoms. The van der Waals surface area contributed by atoms with E-state index in [1.165, 1.54) is 0 Å². The fraction of sp³-hybridized carbons (Fsp3) is 0.111. The number of aromatic nitrogens is 6. The molecule has 1 amide bonds. The van der Waals surface area contributed by atoms with Gasteiger partial charge < -0.3 is 5.32 Å². The van der Waals surface area contributed by atoms with Crippen molar-refractivity contribution in [1.82, 2.24) is 29.3 Å². The molecule has 142 valence electrons. The molecule has 0 unspecified atom stereocenters. The fourth-order valence-electron chi connectivity index (χ4n) is 2.64. The summed E-state index contributed by atoms with van der Waals surface area (Å²) in [4.78, 5) is 12.4. The molecule has 4 rings (SSSR count). The summed E-state index contributed by atoms with van der Waals surface area (Å²) in [6.07, 6.45) is 8.59. The fourth-order valence-corrected chi connectivity index (χ4v) is 3.16. The smallest absolute Gasteiger partial charge is 0.276 e. The van der Waals surface area contributed by atoms with E-state index < -0.39 is 0 Å². The summed E-state index contributed by atoms with van der Waals surface area (Å²) in [5.74, 6) is -0.308. The molecule has 0 saturated carbocycles. The molecular weight excluding hydrogens is 446 g/mol. The van der Waals surface area contributed by atoms with Gasteiger partial charge in [0.2, 0.25) is 0 Å². The Morgan fingerprint density at radius 1 is 1.07 bits per heavy atom. The number of amides is 1. The van der Waals surface area contributed by atoms with Crippen LogP contribution in [0.5, 0.6) is 0 Å². The number of nitrogens with one attached hydrogen (secondary N) is 1. The van der Waals surface area contributed by atoms with Crippen LogP contribution in [0.4, 0.5) is 5.69 Å². The summed E-state index contributed by atoms with van der Waals surface area (Å²) in [6, 6.07) is 9.23. The second kappa shape index (κ2) is 7.99. The highest BCUT2D eigenvalue weighted by Crippen LogP contribution is 2.17. The number of rotatable bonds is 6.